The Morgan fingerprint density at radius 2 is 1.56 bits per heavy atom. The molecule has 1 N–H and O–H groups in total. The molecule has 1 aliphatic heterocycles. The highest BCUT2D eigenvalue weighted by atomic mass is 15.5. The average molecular weight is 253 g/mol. The zero-order valence-corrected chi connectivity index (χ0v) is 12.2. The highest BCUT2D eigenvalue weighted by molar-refractivity contribution is 5.56. The number of nitrogens with one attached hydrogen (secondary N) is 1. The fourth-order valence-electron chi connectivity index (χ4n) is 2.33. The third kappa shape index (κ3) is 8.51. The summed E-state index contributed by atoms with van der Waals surface area (Å²) in [6, 6.07) is 0. The van der Waals surface area contributed by atoms with E-state index in [4.69, 9.17) is 0 Å². The normalized spacial score (nSPS) is 14.6. The van der Waals surface area contributed by atoms with Gasteiger partial charge in [-0.2, -0.15) is 0 Å². The summed E-state index contributed by atoms with van der Waals surface area (Å²) < 4.78 is 0. The number of hydrogen-bond donors (Lipinski definition) is 1. The first-order chi connectivity index (χ1) is 8.93. The maximum Gasteiger partial charge on any atom is 0.0993 e. The predicted molar refractivity (Wildman–Crippen MR) is 79.9 cm³/mol. The summed E-state index contributed by atoms with van der Waals surface area (Å²) in [6.45, 7) is 5.37. The maximum atomic E-state index is 4.17. The van der Waals surface area contributed by atoms with E-state index in [1.807, 2.05) is 6.34 Å². The monoisotopic (exact) mass is 253 g/mol. The minimum atomic E-state index is 0.949. The third-order valence-corrected chi connectivity index (χ3v) is 3.54. The first-order valence-electron chi connectivity index (χ1n) is 7.93. The summed E-state index contributed by atoms with van der Waals surface area (Å²) in [5, 5.41) is 2.10. The Morgan fingerprint density at radius 3 is 2.11 bits per heavy atom. The average Bonchev–Trinajstić information content (AvgIpc) is 2.89. The van der Waals surface area contributed by atoms with E-state index in [-0.39, 0.29) is 0 Å². The molecule has 0 atom stereocenters. The molecule has 18 heavy (non-hydrogen) atoms. The predicted octanol–water partition coefficient (Wildman–Crippen LogP) is 3.76. The van der Waals surface area contributed by atoms with Crippen molar-refractivity contribution in [3.05, 3.63) is 0 Å². The Labute approximate surface area is 113 Å². The molecule has 1 aliphatic rings. The minimum absolute atomic E-state index is 0.949. The topological polar surface area (TPSA) is 27.6 Å². The minimum Gasteiger partial charge on any atom is -0.297 e. The van der Waals surface area contributed by atoms with Crippen molar-refractivity contribution in [1.82, 2.24) is 10.4 Å². The van der Waals surface area contributed by atoms with Gasteiger partial charge in [0.25, 0.3) is 0 Å². The molecule has 0 saturated heterocycles. The van der Waals surface area contributed by atoms with Gasteiger partial charge in [0.05, 0.1) is 19.4 Å². The first kappa shape index (κ1) is 15.5. The molecule has 3 heteroatoms. The largest absolute Gasteiger partial charge is 0.297 e. The van der Waals surface area contributed by atoms with Crippen molar-refractivity contribution >= 4 is 6.34 Å². The standard InChI is InChI=1S/C15H31N3/c1-2-3-4-5-6-7-8-9-10-11-12-17-18-14-13-16-15-18/h15,17H,2-14H2,1H3. The molecule has 0 aromatic heterocycles. The fourth-order valence-corrected chi connectivity index (χ4v) is 2.33. The number of aliphatic imine (C=N–C) groups is 1. The molecule has 0 aromatic rings. The van der Waals surface area contributed by atoms with Crippen molar-refractivity contribution in [1.29, 1.82) is 0 Å². The molecule has 106 valence electrons. The van der Waals surface area contributed by atoms with Crippen LogP contribution in [-0.4, -0.2) is 31.0 Å². The van der Waals surface area contributed by atoms with E-state index in [0.717, 1.165) is 19.6 Å². The molecular weight excluding hydrogens is 222 g/mol. The zero-order valence-electron chi connectivity index (χ0n) is 12.2. The lowest BCUT2D eigenvalue weighted by Gasteiger charge is -2.14. The second-order valence-corrected chi connectivity index (χ2v) is 5.31. The van der Waals surface area contributed by atoms with Gasteiger partial charge in [-0.05, 0) is 6.42 Å². The Morgan fingerprint density at radius 1 is 0.944 bits per heavy atom. The van der Waals surface area contributed by atoms with Gasteiger partial charge in [0.1, 0.15) is 0 Å². The second kappa shape index (κ2) is 11.5. The SMILES string of the molecule is CCCCCCCCCCCCNN1C=NCC1. The van der Waals surface area contributed by atoms with Crippen molar-refractivity contribution in [2.45, 2.75) is 71.1 Å². The Hall–Kier alpha value is -0.570. The lowest BCUT2D eigenvalue weighted by atomic mass is 10.1. The Balaban J connectivity index is 1.69. The van der Waals surface area contributed by atoms with Crippen LogP contribution < -0.4 is 5.43 Å². The van der Waals surface area contributed by atoms with Crippen molar-refractivity contribution in [2.24, 2.45) is 4.99 Å². The lowest BCUT2D eigenvalue weighted by molar-refractivity contribution is 0.336. The molecule has 0 unspecified atom stereocenters. The van der Waals surface area contributed by atoms with Crippen LogP contribution in [0.3, 0.4) is 0 Å². The van der Waals surface area contributed by atoms with Gasteiger partial charge in [-0.15, -0.1) is 0 Å². The van der Waals surface area contributed by atoms with Crippen LogP contribution in [0.5, 0.6) is 0 Å². The molecule has 0 bridgehead atoms. The van der Waals surface area contributed by atoms with E-state index in [9.17, 15) is 0 Å². The maximum absolute atomic E-state index is 4.17. The van der Waals surface area contributed by atoms with E-state index < -0.39 is 0 Å². The van der Waals surface area contributed by atoms with Crippen molar-refractivity contribution in [3.8, 4) is 0 Å². The lowest BCUT2D eigenvalue weighted by Crippen LogP contribution is -2.35. The van der Waals surface area contributed by atoms with Crippen LogP contribution in [0.15, 0.2) is 4.99 Å². The van der Waals surface area contributed by atoms with Gasteiger partial charge < -0.3 is 0 Å². The van der Waals surface area contributed by atoms with Crippen LogP contribution >= 0.6 is 0 Å². The molecule has 1 rings (SSSR count). The molecule has 1 heterocycles. The van der Waals surface area contributed by atoms with Crippen LogP contribution in [0.1, 0.15) is 71.1 Å². The summed E-state index contributed by atoms with van der Waals surface area (Å²) in [5.41, 5.74) is 3.39. The molecule has 0 spiro atoms. The van der Waals surface area contributed by atoms with Gasteiger partial charge in [-0.3, -0.25) is 10.0 Å². The Kier molecular flexibility index (Phi) is 9.91. The van der Waals surface area contributed by atoms with Gasteiger partial charge >= 0.3 is 0 Å². The van der Waals surface area contributed by atoms with Gasteiger partial charge in [-0.25, -0.2) is 5.43 Å². The van der Waals surface area contributed by atoms with Gasteiger partial charge in [0.2, 0.25) is 0 Å². The van der Waals surface area contributed by atoms with E-state index in [2.05, 4.69) is 22.4 Å². The third-order valence-electron chi connectivity index (χ3n) is 3.54. The quantitative estimate of drug-likeness (QED) is 0.536. The van der Waals surface area contributed by atoms with E-state index in [1.54, 1.807) is 0 Å². The summed E-state index contributed by atoms with van der Waals surface area (Å²) in [5.74, 6) is 0. The van der Waals surface area contributed by atoms with Crippen molar-refractivity contribution in [2.75, 3.05) is 19.6 Å². The number of rotatable bonds is 12. The molecule has 0 aliphatic carbocycles. The van der Waals surface area contributed by atoms with Crippen LogP contribution in [0.4, 0.5) is 0 Å². The van der Waals surface area contributed by atoms with Crippen LogP contribution in [0.2, 0.25) is 0 Å². The van der Waals surface area contributed by atoms with E-state index >= 15 is 0 Å². The summed E-state index contributed by atoms with van der Waals surface area (Å²) in [4.78, 5) is 4.17. The molecule has 0 saturated carbocycles. The number of hydrazine groups is 1. The molecular formula is C15H31N3. The molecule has 0 fully saturated rings. The molecule has 3 nitrogen and oxygen atoms in total. The summed E-state index contributed by atoms with van der Waals surface area (Å²) in [6.07, 6.45) is 16.0. The van der Waals surface area contributed by atoms with E-state index in [1.165, 1.54) is 64.2 Å². The van der Waals surface area contributed by atoms with Crippen LogP contribution in [0.25, 0.3) is 0 Å². The van der Waals surface area contributed by atoms with Crippen LogP contribution in [0, 0.1) is 0 Å². The first-order valence-corrected chi connectivity index (χ1v) is 7.93. The second-order valence-electron chi connectivity index (χ2n) is 5.31. The zero-order chi connectivity index (χ0) is 12.9. The molecule has 0 amide bonds. The Bertz CT molecular complexity index is 204. The highest BCUT2D eigenvalue weighted by Gasteiger charge is 2.02. The van der Waals surface area contributed by atoms with Crippen molar-refractivity contribution < 1.29 is 0 Å². The number of hydrogen-bond acceptors (Lipinski definition) is 3. The van der Waals surface area contributed by atoms with Gasteiger partial charge in [-0.1, -0.05) is 64.7 Å². The highest BCUT2D eigenvalue weighted by Crippen LogP contribution is 2.10. The summed E-state index contributed by atoms with van der Waals surface area (Å²) >= 11 is 0. The number of unbranched alkanes of at least 4 members (excludes halogenated alkanes) is 9. The fraction of sp³-hybridized carbons (Fsp3) is 0.933. The molecule has 0 aromatic carbocycles. The van der Waals surface area contributed by atoms with Crippen molar-refractivity contribution in [3.63, 3.8) is 0 Å². The van der Waals surface area contributed by atoms with E-state index in [0.29, 0.717) is 0 Å². The number of nitrogens with zero attached hydrogens (tertiary/aromatic N) is 2. The summed E-state index contributed by atoms with van der Waals surface area (Å²) in [7, 11) is 0. The van der Waals surface area contributed by atoms with Gasteiger partial charge in [0.15, 0.2) is 0 Å². The smallest absolute Gasteiger partial charge is 0.0993 e. The molecule has 0 radical (unpaired) electrons. The van der Waals surface area contributed by atoms with Gasteiger partial charge in [0, 0.05) is 6.54 Å². The van der Waals surface area contributed by atoms with Crippen LogP contribution in [-0.2, 0) is 0 Å².